The molecule has 0 bridgehead atoms. The molecule has 0 spiro atoms. The molecule has 25 heavy (non-hydrogen) atoms. The summed E-state index contributed by atoms with van der Waals surface area (Å²) in [6.07, 6.45) is 4.50. The predicted molar refractivity (Wildman–Crippen MR) is 93.5 cm³/mol. The first-order valence-electron chi connectivity index (χ1n) is 7.98. The lowest BCUT2D eigenvalue weighted by molar-refractivity contribution is -0.121. The minimum atomic E-state index is -3.56. The van der Waals surface area contributed by atoms with Crippen molar-refractivity contribution in [3.63, 3.8) is 0 Å². The van der Waals surface area contributed by atoms with Gasteiger partial charge in [0.05, 0.1) is 6.33 Å². The average Bonchev–Trinajstić information content (AvgIpc) is 3.26. The van der Waals surface area contributed by atoms with Crippen LogP contribution in [0.25, 0.3) is 0 Å². The van der Waals surface area contributed by atoms with Gasteiger partial charge in [-0.05, 0) is 30.5 Å². The summed E-state index contributed by atoms with van der Waals surface area (Å²) in [5.74, 6) is -0.225. The highest BCUT2D eigenvalue weighted by Crippen LogP contribution is 2.19. The number of sulfonamides is 1. The first kappa shape index (κ1) is 17.9. The summed E-state index contributed by atoms with van der Waals surface area (Å²) in [4.78, 5) is 16.0. The van der Waals surface area contributed by atoms with Crippen molar-refractivity contribution in [2.24, 2.45) is 0 Å². The molecule has 1 aliphatic rings. The Morgan fingerprint density at radius 2 is 1.88 bits per heavy atom. The molecule has 1 fully saturated rings. The molecule has 3 rings (SSSR count). The fourth-order valence-corrected chi connectivity index (χ4v) is 4.22. The number of hydrogen-bond donors (Lipinski definition) is 1. The maximum Gasteiger partial charge on any atom is 0.262 e. The van der Waals surface area contributed by atoms with E-state index in [2.05, 4.69) is 10.3 Å². The zero-order valence-electron chi connectivity index (χ0n) is 13.6. The standard InChI is InChI=1S/C16H19ClN4O3S/c17-14-5-3-13(4-6-14)9-18-15(22)10-20-11-16(19-12-20)25(23,24)21-7-1-2-8-21/h3-6,11-12H,1-2,7-10H2,(H,18,22). The van der Waals surface area contributed by atoms with Crippen molar-refractivity contribution in [2.45, 2.75) is 31.0 Å². The average molecular weight is 383 g/mol. The molecule has 0 atom stereocenters. The Hall–Kier alpha value is -1.90. The molecule has 2 aromatic rings. The summed E-state index contributed by atoms with van der Waals surface area (Å²) in [6, 6.07) is 7.18. The van der Waals surface area contributed by atoms with Gasteiger partial charge in [-0.2, -0.15) is 4.31 Å². The van der Waals surface area contributed by atoms with Crippen molar-refractivity contribution < 1.29 is 13.2 Å². The first-order valence-corrected chi connectivity index (χ1v) is 9.80. The van der Waals surface area contributed by atoms with Gasteiger partial charge in [-0.1, -0.05) is 23.7 Å². The number of nitrogens with zero attached hydrogens (tertiary/aromatic N) is 3. The second-order valence-electron chi connectivity index (χ2n) is 5.90. The first-order chi connectivity index (χ1) is 11.9. The fraction of sp³-hybridized carbons (Fsp3) is 0.375. The third-order valence-electron chi connectivity index (χ3n) is 4.01. The Morgan fingerprint density at radius 3 is 2.56 bits per heavy atom. The molecule has 1 saturated heterocycles. The molecule has 0 aliphatic carbocycles. The van der Waals surface area contributed by atoms with Gasteiger partial charge < -0.3 is 9.88 Å². The number of hydrogen-bond acceptors (Lipinski definition) is 4. The Balaban J connectivity index is 1.57. The van der Waals surface area contributed by atoms with Gasteiger partial charge in [0.25, 0.3) is 10.0 Å². The normalized spacial score (nSPS) is 15.4. The van der Waals surface area contributed by atoms with Crippen molar-refractivity contribution >= 4 is 27.5 Å². The van der Waals surface area contributed by atoms with Gasteiger partial charge in [0.2, 0.25) is 5.91 Å². The number of halogens is 1. The molecular weight excluding hydrogens is 364 g/mol. The number of benzene rings is 1. The van der Waals surface area contributed by atoms with E-state index in [1.807, 2.05) is 12.1 Å². The summed E-state index contributed by atoms with van der Waals surface area (Å²) in [6.45, 7) is 1.44. The molecule has 1 aliphatic heterocycles. The van der Waals surface area contributed by atoms with Gasteiger partial charge >= 0.3 is 0 Å². The van der Waals surface area contributed by atoms with E-state index < -0.39 is 10.0 Å². The summed E-state index contributed by atoms with van der Waals surface area (Å²) >= 11 is 5.82. The fourth-order valence-electron chi connectivity index (χ4n) is 2.64. The smallest absolute Gasteiger partial charge is 0.262 e. The molecule has 1 amide bonds. The van der Waals surface area contributed by atoms with E-state index >= 15 is 0 Å². The van der Waals surface area contributed by atoms with Gasteiger partial charge in [-0.15, -0.1) is 0 Å². The molecule has 0 saturated carbocycles. The highest BCUT2D eigenvalue weighted by molar-refractivity contribution is 7.89. The van der Waals surface area contributed by atoms with E-state index in [9.17, 15) is 13.2 Å². The molecule has 2 heterocycles. The number of carbonyl (C=O) groups excluding carboxylic acids is 1. The van der Waals surface area contributed by atoms with Crippen LogP contribution in [0.3, 0.4) is 0 Å². The van der Waals surface area contributed by atoms with Gasteiger partial charge in [-0.25, -0.2) is 13.4 Å². The lowest BCUT2D eigenvalue weighted by atomic mass is 10.2. The van der Waals surface area contributed by atoms with Crippen molar-refractivity contribution in [1.29, 1.82) is 0 Å². The lowest BCUT2D eigenvalue weighted by Crippen LogP contribution is -2.28. The lowest BCUT2D eigenvalue weighted by Gasteiger charge is -2.12. The van der Waals surface area contributed by atoms with Crippen LogP contribution in [0.4, 0.5) is 0 Å². The van der Waals surface area contributed by atoms with Crippen molar-refractivity contribution in [1.82, 2.24) is 19.2 Å². The highest BCUT2D eigenvalue weighted by Gasteiger charge is 2.29. The van der Waals surface area contributed by atoms with Crippen LogP contribution in [0.1, 0.15) is 18.4 Å². The Bertz CT molecular complexity index is 843. The second-order valence-corrected chi connectivity index (χ2v) is 8.22. The van der Waals surface area contributed by atoms with E-state index in [0.29, 0.717) is 24.7 Å². The monoisotopic (exact) mass is 382 g/mol. The quantitative estimate of drug-likeness (QED) is 0.823. The van der Waals surface area contributed by atoms with Crippen LogP contribution < -0.4 is 5.32 Å². The van der Waals surface area contributed by atoms with Crippen LogP contribution in [0.15, 0.2) is 41.8 Å². The molecule has 0 radical (unpaired) electrons. The molecule has 134 valence electrons. The van der Waals surface area contributed by atoms with Crippen molar-refractivity contribution in [2.75, 3.05) is 13.1 Å². The Labute approximate surface area is 151 Å². The summed E-state index contributed by atoms with van der Waals surface area (Å²) < 4.78 is 27.7. The van der Waals surface area contributed by atoms with Crippen LogP contribution in [0, 0.1) is 0 Å². The number of carbonyl (C=O) groups is 1. The molecule has 9 heteroatoms. The van der Waals surface area contributed by atoms with Gasteiger partial charge in [0.1, 0.15) is 6.54 Å². The van der Waals surface area contributed by atoms with E-state index in [4.69, 9.17) is 11.6 Å². The number of rotatable bonds is 6. The molecular formula is C16H19ClN4O3S. The number of amides is 1. The maximum atomic E-state index is 12.4. The second kappa shape index (κ2) is 7.55. The maximum absolute atomic E-state index is 12.4. The SMILES string of the molecule is O=C(Cn1cnc(S(=O)(=O)N2CCCC2)c1)NCc1ccc(Cl)cc1. The molecule has 1 aromatic carbocycles. The number of imidazole rings is 1. The van der Waals surface area contributed by atoms with Gasteiger partial charge in [0.15, 0.2) is 5.03 Å². The number of nitrogens with one attached hydrogen (secondary N) is 1. The zero-order chi connectivity index (χ0) is 17.9. The minimum absolute atomic E-state index is 0.0100. The molecule has 1 N–H and O–H groups in total. The van der Waals surface area contributed by atoms with Crippen LogP contribution in [0.5, 0.6) is 0 Å². The van der Waals surface area contributed by atoms with E-state index in [1.165, 1.54) is 21.4 Å². The summed E-state index contributed by atoms with van der Waals surface area (Å²) in [5.41, 5.74) is 0.931. The number of aromatic nitrogens is 2. The third kappa shape index (κ3) is 4.39. The van der Waals surface area contributed by atoms with Crippen molar-refractivity contribution in [3.8, 4) is 0 Å². The van der Waals surface area contributed by atoms with Gasteiger partial charge in [-0.3, -0.25) is 4.79 Å². The Morgan fingerprint density at radius 1 is 1.20 bits per heavy atom. The summed E-state index contributed by atoms with van der Waals surface area (Å²) in [7, 11) is -3.56. The topological polar surface area (TPSA) is 84.3 Å². The minimum Gasteiger partial charge on any atom is -0.350 e. The Kier molecular flexibility index (Phi) is 5.41. The third-order valence-corrected chi connectivity index (χ3v) is 6.04. The van der Waals surface area contributed by atoms with Crippen LogP contribution in [-0.4, -0.2) is 41.3 Å². The van der Waals surface area contributed by atoms with Crippen molar-refractivity contribution in [3.05, 3.63) is 47.4 Å². The predicted octanol–water partition coefficient (Wildman–Crippen LogP) is 1.64. The van der Waals surface area contributed by atoms with Crippen LogP contribution >= 0.6 is 11.6 Å². The van der Waals surface area contributed by atoms with E-state index in [1.54, 1.807) is 12.1 Å². The molecule has 0 unspecified atom stereocenters. The summed E-state index contributed by atoms with van der Waals surface area (Å²) in [5, 5.41) is 3.40. The van der Waals surface area contributed by atoms with Crippen LogP contribution in [-0.2, 0) is 27.9 Å². The molecule has 1 aromatic heterocycles. The van der Waals surface area contributed by atoms with E-state index in [-0.39, 0.29) is 17.5 Å². The highest BCUT2D eigenvalue weighted by atomic mass is 35.5. The van der Waals surface area contributed by atoms with Gasteiger partial charge in [0, 0.05) is 30.9 Å². The largest absolute Gasteiger partial charge is 0.350 e. The zero-order valence-corrected chi connectivity index (χ0v) is 15.1. The van der Waals surface area contributed by atoms with Crippen LogP contribution in [0.2, 0.25) is 5.02 Å². The molecule has 7 nitrogen and oxygen atoms in total. The van der Waals surface area contributed by atoms with E-state index in [0.717, 1.165) is 18.4 Å².